The van der Waals surface area contributed by atoms with Gasteiger partial charge in [0, 0.05) is 51.5 Å². The minimum absolute atomic E-state index is 0. The maximum absolute atomic E-state index is 4.57. The van der Waals surface area contributed by atoms with Crippen molar-refractivity contribution in [2.75, 3.05) is 31.6 Å². The Labute approximate surface area is 129 Å². The molecule has 0 aromatic carbocycles. The van der Waals surface area contributed by atoms with Crippen molar-refractivity contribution in [2.24, 2.45) is 0 Å². The summed E-state index contributed by atoms with van der Waals surface area (Å²) in [4.78, 5) is 9.25. The highest BCUT2D eigenvalue weighted by Gasteiger charge is 2.15. The normalized spacial score (nSPS) is 19.8. The summed E-state index contributed by atoms with van der Waals surface area (Å²) in [5, 5.41) is 3.47. The monoisotopic (exact) mass is 298 g/mol. The maximum atomic E-state index is 4.57. The number of piperazine rings is 1. The van der Waals surface area contributed by atoms with E-state index in [1.807, 2.05) is 6.20 Å². The first-order chi connectivity index (χ1) is 9.06. The third-order valence-electron chi connectivity index (χ3n) is 3.80. The first kappa shape index (κ1) is 17.2. The van der Waals surface area contributed by atoms with Crippen LogP contribution in [0.15, 0.2) is 18.3 Å². The second-order valence-electron chi connectivity index (χ2n) is 5.82. The number of nitrogens with zero attached hydrogens (tertiary/aromatic N) is 3. The largest absolute Gasteiger partial charge is 0.357 e. The molecule has 1 aliphatic heterocycles. The predicted octanol–water partition coefficient (Wildman–Crippen LogP) is 2.14. The summed E-state index contributed by atoms with van der Waals surface area (Å²) in [7, 11) is 2.09. The van der Waals surface area contributed by atoms with Gasteiger partial charge in [-0.15, -0.1) is 12.4 Å². The third-order valence-corrected chi connectivity index (χ3v) is 3.80. The molecule has 1 fully saturated rings. The first-order valence-electron chi connectivity index (χ1n) is 7.19. The number of aromatic nitrogens is 1. The van der Waals surface area contributed by atoms with Crippen LogP contribution in [-0.2, 0) is 6.54 Å². The van der Waals surface area contributed by atoms with Crippen LogP contribution in [0.3, 0.4) is 0 Å². The highest BCUT2D eigenvalue weighted by atomic mass is 35.5. The number of hydrogen-bond donors (Lipinski definition) is 1. The minimum atomic E-state index is 0. The van der Waals surface area contributed by atoms with E-state index in [0.717, 1.165) is 32.0 Å². The van der Waals surface area contributed by atoms with E-state index in [1.165, 1.54) is 5.56 Å². The Balaban J connectivity index is 0.00000200. The van der Waals surface area contributed by atoms with E-state index < -0.39 is 0 Å². The number of nitrogens with one attached hydrogen (secondary N) is 1. The summed E-state index contributed by atoms with van der Waals surface area (Å²) in [5.74, 6) is 1.05. The van der Waals surface area contributed by atoms with Gasteiger partial charge in [-0.25, -0.2) is 4.98 Å². The molecule has 2 heterocycles. The molecule has 0 aliphatic carbocycles. The van der Waals surface area contributed by atoms with E-state index in [0.29, 0.717) is 12.1 Å². The number of halogens is 1. The van der Waals surface area contributed by atoms with Crippen LogP contribution in [0.5, 0.6) is 0 Å². The fourth-order valence-corrected chi connectivity index (χ4v) is 2.40. The topological polar surface area (TPSA) is 31.4 Å². The van der Waals surface area contributed by atoms with Crippen molar-refractivity contribution >= 4 is 18.2 Å². The van der Waals surface area contributed by atoms with Gasteiger partial charge in [-0.05, 0) is 32.4 Å². The molecule has 5 heteroatoms. The molecule has 1 aromatic rings. The second kappa shape index (κ2) is 7.81. The molecule has 0 spiro atoms. The van der Waals surface area contributed by atoms with Gasteiger partial charge in [0.25, 0.3) is 0 Å². The van der Waals surface area contributed by atoms with E-state index in [1.54, 1.807) is 0 Å². The van der Waals surface area contributed by atoms with E-state index in [4.69, 9.17) is 0 Å². The zero-order chi connectivity index (χ0) is 13.8. The number of anilines is 1. The van der Waals surface area contributed by atoms with Gasteiger partial charge in [-0.3, -0.25) is 4.90 Å². The summed E-state index contributed by atoms with van der Waals surface area (Å²) >= 11 is 0. The number of hydrogen-bond acceptors (Lipinski definition) is 4. The highest BCUT2D eigenvalue weighted by Crippen LogP contribution is 2.14. The molecule has 4 nitrogen and oxygen atoms in total. The molecule has 0 bridgehead atoms. The third kappa shape index (κ3) is 4.62. The lowest BCUT2D eigenvalue weighted by Gasteiger charge is -2.31. The van der Waals surface area contributed by atoms with Crippen molar-refractivity contribution in [3.8, 4) is 0 Å². The molecule has 20 heavy (non-hydrogen) atoms. The average Bonchev–Trinajstić information content (AvgIpc) is 2.39. The molecule has 0 amide bonds. The number of rotatable bonds is 4. The zero-order valence-corrected chi connectivity index (χ0v) is 13.8. The Morgan fingerprint density at radius 1 is 1.45 bits per heavy atom. The Kier molecular flexibility index (Phi) is 6.72. The molecule has 0 saturated carbocycles. The van der Waals surface area contributed by atoms with Gasteiger partial charge < -0.3 is 10.2 Å². The number of pyridine rings is 1. The smallest absolute Gasteiger partial charge is 0.128 e. The van der Waals surface area contributed by atoms with Gasteiger partial charge in [0.2, 0.25) is 0 Å². The summed E-state index contributed by atoms with van der Waals surface area (Å²) in [5.41, 5.74) is 1.30. The summed E-state index contributed by atoms with van der Waals surface area (Å²) < 4.78 is 0. The average molecular weight is 299 g/mol. The summed E-state index contributed by atoms with van der Waals surface area (Å²) in [6.07, 6.45) is 2.01. The van der Waals surface area contributed by atoms with Crippen molar-refractivity contribution in [1.29, 1.82) is 0 Å². The lowest BCUT2D eigenvalue weighted by Crippen LogP contribution is -2.48. The van der Waals surface area contributed by atoms with Crippen LogP contribution < -0.4 is 10.2 Å². The maximum Gasteiger partial charge on any atom is 0.128 e. The molecule has 1 aromatic heterocycles. The molecule has 0 unspecified atom stereocenters. The van der Waals surface area contributed by atoms with Gasteiger partial charge in [0.1, 0.15) is 5.82 Å². The lowest BCUT2D eigenvalue weighted by atomic mass is 10.2. The van der Waals surface area contributed by atoms with E-state index in [9.17, 15) is 0 Å². The van der Waals surface area contributed by atoms with E-state index in [-0.39, 0.29) is 12.4 Å². The Hall–Kier alpha value is -0.840. The fraction of sp³-hybridized carbons (Fsp3) is 0.667. The van der Waals surface area contributed by atoms with Crippen LogP contribution in [0.25, 0.3) is 0 Å². The molecule has 1 saturated heterocycles. The Morgan fingerprint density at radius 2 is 2.20 bits per heavy atom. The molecule has 2 rings (SSSR count). The fourth-order valence-electron chi connectivity index (χ4n) is 2.40. The summed E-state index contributed by atoms with van der Waals surface area (Å²) in [6, 6.07) is 5.40. The van der Waals surface area contributed by atoms with Crippen molar-refractivity contribution in [3.05, 3.63) is 23.9 Å². The van der Waals surface area contributed by atoms with Crippen LogP contribution in [0.4, 0.5) is 5.82 Å². The molecule has 1 atom stereocenters. The van der Waals surface area contributed by atoms with Crippen LogP contribution in [0.1, 0.15) is 26.3 Å². The molecule has 1 aliphatic rings. The van der Waals surface area contributed by atoms with E-state index >= 15 is 0 Å². The van der Waals surface area contributed by atoms with Gasteiger partial charge >= 0.3 is 0 Å². The zero-order valence-electron chi connectivity index (χ0n) is 13.0. The van der Waals surface area contributed by atoms with Crippen LogP contribution in [-0.4, -0.2) is 48.6 Å². The van der Waals surface area contributed by atoms with Crippen LogP contribution in [0.2, 0.25) is 0 Å². The molecule has 1 N–H and O–H groups in total. The highest BCUT2D eigenvalue weighted by molar-refractivity contribution is 5.85. The van der Waals surface area contributed by atoms with Crippen molar-refractivity contribution in [2.45, 2.75) is 39.4 Å². The van der Waals surface area contributed by atoms with Crippen LogP contribution >= 0.6 is 12.4 Å². The van der Waals surface area contributed by atoms with E-state index in [2.05, 4.69) is 60.1 Å². The first-order valence-corrected chi connectivity index (χ1v) is 7.19. The summed E-state index contributed by atoms with van der Waals surface area (Å²) in [6.45, 7) is 10.9. The molecule has 0 radical (unpaired) electrons. The second-order valence-corrected chi connectivity index (χ2v) is 5.82. The Bertz CT molecular complexity index is 393. The molecular weight excluding hydrogens is 272 g/mol. The van der Waals surface area contributed by atoms with Crippen molar-refractivity contribution in [1.82, 2.24) is 15.2 Å². The van der Waals surface area contributed by atoms with Gasteiger partial charge in [-0.1, -0.05) is 6.07 Å². The van der Waals surface area contributed by atoms with Gasteiger partial charge in [0.05, 0.1) is 0 Å². The van der Waals surface area contributed by atoms with Crippen molar-refractivity contribution < 1.29 is 0 Å². The predicted molar refractivity (Wildman–Crippen MR) is 87.8 cm³/mol. The Morgan fingerprint density at radius 3 is 2.75 bits per heavy atom. The lowest BCUT2D eigenvalue weighted by molar-refractivity contribution is 0.199. The van der Waals surface area contributed by atoms with Crippen LogP contribution in [0, 0.1) is 0 Å². The SMILES string of the molecule is CC(C)N(C)c1ccc(CN2CCN[C@@H](C)C2)cn1.Cl. The quantitative estimate of drug-likeness (QED) is 0.923. The molecular formula is C15H27ClN4. The van der Waals surface area contributed by atoms with Crippen molar-refractivity contribution in [3.63, 3.8) is 0 Å². The minimum Gasteiger partial charge on any atom is -0.357 e. The van der Waals surface area contributed by atoms with Gasteiger partial charge in [0.15, 0.2) is 0 Å². The molecule has 114 valence electrons. The standard InChI is InChI=1S/C15H26N4.ClH/c1-12(2)18(4)15-6-5-14(9-17-15)11-19-8-7-16-13(3)10-19;/h5-6,9,12-13,16H,7-8,10-11H2,1-4H3;1H/t13-;/m0./s1. The van der Waals surface area contributed by atoms with Gasteiger partial charge in [-0.2, -0.15) is 0 Å².